The molecule has 1 unspecified atom stereocenters. The second-order valence-electron chi connectivity index (χ2n) is 4.53. The molecule has 1 heterocycles. The van der Waals surface area contributed by atoms with E-state index in [-0.39, 0.29) is 42.3 Å². The van der Waals surface area contributed by atoms with E-state index in [1.165, 1.54) is 19.2 Å². The number of anilines is 1. The molecule has 0 radical (unpaired) electrons. The quantitative estimate of drug-likeness (QED) is 0.558. The average molecular weight is 296 g/mol. The molecule has 0 bridgehead atoms. The molecular formula is C13H20N4O4. The maximum absolute atomic E-state index is 11.6. The van der Waals surface area contributed by atoms with Crippen LogP contribution in [0, 0.1) is 10.1 Å². The molecule has 8 nitrogen and oxygen atoms in total. The van der Waals surface area contributed by atoms with Gasteiger partial charge in [0.2, 0.25) is 17.6 Å². The summed E-state index contributed by atoms with van der Waals surface area (Å²) in [4.78, 5) is 26.0. The zero-order chi connectivity index (χ0) is 15.8. The second-order valence-corrected chi connectivity index (χ2v) is 4.53. The van der Waals surface area contributed by atoms with Crippen molar-refractivity contribution in [3.8, 4) is 5.88 Å². The van der Waals surface area contributed by atoms with E-state index < -0.39 is 4.92 Å². The van der Waals surface area contributed by atoms with E-state index in [2.05, 4.69) is 15.6 Å². The molecule has 1 aromatic heterocycles. The van der Waals surface area contributed by atoms with Gasteiger partial charge >= 0.3 is 5.69 Å². The van der Waals surface area contributed by atoms with Crippen LogP contribution in [0.5, 0.6) is 5.88 Å². The standard InChI is InChI=1S/C13H20N4O4/c1-4-9(2)15-11(18)7-8-14-13-10(17(19)20)5-6-12(16-13)21-3/h5-6,9H,4,7-8H2,1-3H3,(H,14,16)(H,15,18). The van der Waals surface area contributed by atoms with E-state index in [4.69, 9.17) is 4.74 Å². The van der Waals surface area contributed by atoms with Crippen LogP contribution in [0.15, 0.2) is 12.1 Å². The molecule has 0 spiro atoms. The molecule has 0 aliphatic heterocycles. The summed E-state index contributed by atoms with van der Waals surface area (Å²) in [6.45, 7) is 4.15. The van der Waals surface area contributed by atoms with Crippen LogP contribution in [-0.4, -0.2) is 35.5 Å². The molecule has 1 aromatic rings. The lowest BCUT2D eigenvalue weighted by Gasteiger charge is -2.12. The third-order valence-electron chi connectivity index (χ3n) is 2.92. The van der Waals surface area contributed by atoms with Crippen molar-refractivity contribution in [2.75, 3.05) is 19.0 Å². The first-order valence-electron chi connectivity index (χ1n) is 6.70. The van der Waals surface area contributed by atoms with Gasteiger partial charge in [0, 0.05) is 31.1 Å². The zero-order valence-electron chi connectivity index (χ0n) is 12.4. The predicted octanol–water partition coefficient (Wildman–Crippen LogP) is 1.72. The molecular weight excluding hydrogens is 276 g/mol. The van der Waals surface area contributed by atoms with Crippen molar-refractivity contribution in [2.24, 2.45) is 0 Å². The van der Waals surface area contributed by atoms with Crippen molar-refractivity contribution in [3.05, 3.63) is 22.2 Å². The molecule has 0 aliphatic rings. The average Bonchev–Trinajstić information content (AvgIpc) is 2.46. The van der Waals surface area contributed by atoms with Gasteiger partial charge in [-0.25, -0.2) is 0 Å². The number of nitrogens with zero attached hydrogens (tertiary/aromatic N) is 2. The zero-order valence-corrected chi connectivity index (χ0v) is 12.4. The lowest BCUT2D eigenvalue weighted by Crippen LogP contribution is -2.33. The molecule has 116 valence electrons. The number of hydrogen-bond acceptors (Lipinski definition) is 6. The van der Waals surface area contributed by atoms with Gasteiger partial charge in [-0.2, -0.15) is 4.98 Å². The van der Waals surface area contributed by atoms with Crippen LogP contribution in [0.1, 0.15) is 26.7 Å². The van der Waals surface area contributed by atoms with Crippen molar-refractivity contribution in [3.63, 3.8) is 0 Å². The summed E-state index contributed by atoms with van der Waals surface area (Å²) in [6.07, 6.45) is 1.06. The summed E-state index contributed by atoms with van der Waals surface area (Å²) in [7, 11) is 1.43. The maximum Gasteiger partial charge on any atom is 0.311 e. The lowest BCUT2D eigenvalue weighted by atomic mass is 10.2. The van der Waals surface area contributed by atoms with Crippen LogP contribution in [0.2, 0.25) is 0 Å². The van der Waals surface area contributed by atoms with Gasteiger partial charge in [0.05, 0.1) is 12.0 Å². The van der Waals surface area contributed by atoms with Gasteiger partial charge in [-0.1, -0.05) is 6.92 Å². The van der Waals surface area contributed by atoms with Crippen LogP contribution < -0.4 is 15.4 Å². The third-order valence-corrected chi connectivity index (χ3v) is 2.92. The maximum atomic E-state index is 11.6. The highest BCUT2D eigenvalue weighted by Gasteiger charge is 2.16. The number of hydrogen-bond donors (Lipinski definition) is 2. The summed E-state index contributed by atoms with van der Waals surface area (Å²) in [6, 6.07) is 2.84. The first-order valence-corrected chi connectivity index (χ1v) is 6.70. The van der Waals surface area contributed by atoms with Crippen molar-refractivity contribution in [2.45, 2.75) is 32.7 Å². The van der Waals surface area contributed by atoms with Crippen molar-refractivity contribution in [1.82, 2.24) is 10.3 Å². The first-order chi connectivity index (χ1) is 9.97. The van der Waals surface area contributed by atoms with Crippen LogP contribution in [-0.2, 0) is 4.79 Å². The summed E-state index contributed by atoms with van der Waals surface area (Å²) in [5, 5.41) is 16.5. The first kappa shape index (κ1) is 16.7. The van der Waals surface area contributed by atoms with Gasteiger partial charge in [-0.15, -0.1) is 0 Å². The van der Waals surface area contributed by atoms with E-state index in [9.17, 15) is 14.9 Å². The molecule has 2 N–H and O–H groups in total. The van der Waals surface area contributed by atoms with E-state index in [0.717, 1.165) is 6.42 Å². The van der Waals surface area contributed by atoms with Gasteiger partial charge in [-0.3, -0.25) is 14.9 Å². The lowest BCUT2D eigenvalue weighted by molar-refractivity contribution is -0.384. The van der Waals surface area contributed by atoms with Crippen LogP contribution in [0.25, 0.3) is 0 Å². The number of rotatable bonds is 8. The van der Waals surface area contributed by atoms with Crippen LogP contribution in [0.3, 0.4) is 0 Å². The number of pyridine rings is 1. The Bertz CT molecular complexity index is 507. The molecule has 0 aliphatic carbocycles. The Morgan fingerprint density at radius 1 is 1.52 bits per heavy atom. The summed E-state index contributed by atoms with van der Waals surface area (Å²) >= 11 is 0. The molecule has 0 saturated heterocycles. The fourth-order valence-corrected chi connectivity index (χ4v) is 1.57. The fourth-order valence-electron chi connectivity index (χ4n) is 1.57. The van der Waals surface area contributed by atoms with E-state index in [1.54, 1.807) is 0 Å². The SMILES string of the molecule is CCC(C)NC(=O)CCNc1nc(OC)ccc1[N+](=O)[O-]. The number of aromatic nitrogens is 1. The van der Waals surface area contributed by atoms with Crippen LogP contribution in [0.4, 0.5) is 11.5 Å². The Balaban J connectivity index is 2.61. The minimum Gasteiger partial charge on any atom is -0.481 e. The molecule has 0 saturated carbocycles. The Kier molecular flexibility index (Phi) is 6.38. The second kappa shape index (κ2) is 8.03. The van der Waals surface area contributed by atoms with Gasteiger partial charge in [0.15, 0.2) is 0 Å². The highest BCUT2D eigenvalue weighted by molar-refractivity contribution is 5.76. The number of nitrogens with one attached hydrogen (secondary N) is 2. The van der Waals surface area contributed by atoms with E-state index in [0.29, 0.717) is 0 Å². The molecule has 0 aromatic carbocycles. The Morgan fingerprint density at radius 3 is 2.81 bits per heavy atom. The molecule has 1 atom stereocenters. The van der Waals surface area contributed by atoms with Gasteiger partial charge in [-0.05, 0) is 13.3 Å². The van der Waals surface area contributed by atoms with Crippen LogP contribution >= 0.6 is 0 Å². The summed E-state index contributed by atoms with van der Waals surface area (Å²) in [5.41, 5.74) is -0.155. The molecule has 21 heavy (non-hydrogen) atoms. The number of nitro groups is 1. The predicted molar refractivity (Wildman–Crippen MR) is 78.4 cm³/mol. The normalized spacial score (nSPS) is 11.6. The summed E-state index contributed by atoms with van der Waals surface area (Å²) in [5.74, 6) is 0.255. The van der Waals surface area contributed by atoms with Gasteiger partial charge in [0.1, 0.15) is 0 Å². The molecule has 1 rings (SSSR count). The topological polar surface area (TPSA) is 106 Å². The van der Waals surface area contributed by atoms with Gasteiger partial charge < -0.3 is 15.4 Å². The smallest absolute Gasteiger partial charge is 0.311 e. The third kappa shape index (κ3) is 5.25. The highest BCUT2D eigenvalue weighted by atomic mass is 16.6. The van der Waals surface area contributed by atoms with Crippen molar-refractivity contribution < 1.29 is 14.5 Å². The number of ether oxygens (including phenoxy) is 1. The number of methoxy groups -OCH3 is 1. The number of carbonyl (C=O) groups excluding carboxylic acids is 1. The monoisotopic (exact) mass is 296 g/mol. The minimum absolute atomic E-state index is 0.0932. The van der Waals surface area contributed by atoms with E-state index >= 15 is 0 Å². The highest BCUT2D eigenvalue weighted by Crippen LogP contribution is 2.24. The Labute approximate surface area is 123 Å². The number of amides is 1. The Morgan fingerprint density at radius 2 is 2.24 bits per heavy atom. The summed E-state index contributed by atoms with van der Waals surface area (Å²) < 4.78 is 4.93. The van der Waals surface area contributed by atoms with Crippen molar-refractivity contribution >= 4 is 17.4 Å². The van der Waals surface area contributed by atoms with Gasteiger partial charge in [0.25, 0.3) is 0 Å². The Hall–Kier alpha value is -2.38. The largest absolute Gasteiger partial charge is 0.481 e. The van der Waals surface area contributed by atoms with E-state index in [1.807, 2.05) is 13.8 Å². The fraction of sp³-hybridized carbons (Fsp3) is 0.538. The molecule has 1 amide bonds. The molecule has 0 fully saturated rings. The minimum atomic E-state index is -0.534. The molecule has 8 heteroatoms. The number of carbonyl (C=O) groups is 1. The van der Waals surface area contributed by atoms with Crippen molar-refractivity contribution in [1.29, 1.82) is 0 Å².